The molecule has 0 spiro atoms. The second kappa shape index (κ2) is 7.82. The van der Waals surface area contributed by atoms with Gasteiger partial charge in [-0.25, -0.2) is 4.39 Å². The van der Waals surface area contributed by atoms with Crippen molar-refractivity contribution >= 4 is 11.9 Å². The topological polar surface area (TPSA) is 84.9 Å². The van der Waals surface area contributed by atoms with Gasteiger partial charge in [0, 0.05) is 18.0 Å². The van der Waals surface area contributed by atoms with E-state index in [0.29, 0.717) is 55.7 Å². The maximum absolute atomic E-state index is 13.7. The van der Waals surface area contributed by atoms with Crippen LogP contribution in [0.15, 0.2) is 12.1 Å². The molecule has 1 heterocycles. The smallest absolute Gasteiger partial charge is 0.306 e. The summed E-state index contributed by atoms with van der Waals surface area (Å²) in [5.41, 5.74) is 1.37. The molecule has 6 nitrogen and oxygen atoms in total. The van der Waals surface area contributed by atoms with Crippen LogP contribution in [-0.2, 0) is 27.4 Å². The molecular formula is C18H22FNO5. The average molecular weight is 351 g/mol. The molecule has 1 aromatic carbocycles. The van der Waals surface area contributed by atoms with Gasteiger partial charge in [0.15, 0.2) is 6.79 Å². The van der Waals surface area contributed by atoms with E-state index in [9.17, 15) is 14.0 Å². The molecule has 2 unspecified atom stereocenters. The fourth-order valence-electron chi connectivity index (χ4n) is 3.56. The number of carboxylic acid groups (broad SMARTS) is 1. The highest BCUT2D eigenvalue weighted by atomic mass is 19.1. The zero-order valence-electron chi connectivity index (χ0n) is 13.9. The second-order valence-electron chi connectivity index (χ2n) is 6.60. The fraction of sp³-hybridized carbons (Fsp3) is 0.556. The van der Waals surface area contributed by atoms with E-state index in [1.165, 1.54) is 12.1 Å². The lowest BCUT2D eigenvalue weighted by molar-refractivity contribution is -0.144. The summed E-state index contributed by atoms with van der Waals surface area (Å²) >= 11 is 0. The molecule has 1 saturated carbocycles. The van der Waals surface area contributed by atoms with Crippen molar-refractivity contribution in [2.24, 2.45) is 11.8 Å². The lowest BCUT2D eigenvalue weighted by Gasteiger charge is -2.26. The van der Waals surface area contributed by atoms with Crippen molar-refractivity contribution in [1.82, 2.24) is 5.32 Å². The molecule has 3 rings (SSSR count). The number of amides is 1. The number of hydrogen-bond acceptors (Lipinski definition) is 4. The van der Waals surface area contributed by atoms with Gasteiger partial charge in [-0.1, -0.05) is 6.42 Å². The van der Waals surface area contributed by atoms with Crippen LogP contribution in [0, 0.1) is 17.7 Å². The summed E-state index contributed by atoms with van der Waals surface area (Å²) in [4.78, 5) is 23.4. The quantitative estimate of drug-likeness (QED) is 0.850. The van der Waals surface area contributed by atoms with Crippen LogP contribution in [0.25, 0.3) is 0 Å². The second-order valence-corrected chi connectivity index (χ2v) is 6.60. The molecule has 2 atom stereocenters. The summed E-state index contributed by atoms with van der Waals surface area (Å²) in [5.74, 6) is -1.38. The molecule has 2 aliphatic rings. The number of carbonyl (C=O) groups is 2. The average Bonchev–Trinajstić information content (AvgIpc) is 2.61. The van der Waals surface area contributed by atoms with Gasteiger partial charge in [-0.15, -0.1) is 0 Å². The van der Waals surface area contributed by atoms with Gasteiger partial charge in [0.25, 0.3) is 0 Å². The first kappa shape index (κ1) is 17.7. The number of benzene rings is 1. The van der Waals surface area contributed by atoms with Crippen LogP contribution < -0.4 is 10.1 Å². The monoisotopic (exact) mass is 351 g/mol. The molecule has 1 aliphatic carbocycles. The fourth-order valence-corrected chi connectivity index (χ4v) is 3.56. The number of nitrogens with one attached hydrogen (secondary N) is 1. The summed E-state index contributed by atoms with van der Waals surface area (Å²) in [7, 11) is 0. The SMILES string of the molecule is O=C(O)C1CCCC(C(=O)NCCc2cc(F)cc3c2OCOC3)C1. The lowest BCUT2D eigenvalue weighted by Crippen LogP contribution is -2.36. The zero-order valence-corrected chi connectivity index (χ0v) is 13.9. The van der Waals surface area contributed by atoms with Crippen molar-refractivity contribution < 1.29 is 28.6 Å². The Morgan fingerprint density at radius 2 is 2.08 bits per heavy atom. The van der Waals surface area contributed by atoms with Crippen molar-refractivity contribution in [2.75, 3.05) is 13.3 Å². The number of fused-ring (bicyclic) bond motifs is 1. The van der Waals surface area contributed by atoms with Crippen molar-refractivity contribution in [3.05, 3.63) is 29.1 Å². The Labute approximate surface area is 145 Å². The van der Waals surface area contributed by atoms with E-state index in [-0.39, 0.29) is 24.4 Å². The predicted octanol–water partition coefficient (Wildman–Crippen LogP) is 2.24. The Bertz CT molecular complexity index is 663. The standard InChI is InChI=1S/C18H22FNO5/c19-15-7-11(16-14(8-15)9-24-10-25-16)4-5-20-17(21)12-2-1-3-13(6-12)18(22)23/h7-8,12-13H,1-6,9-10H2,(H,20,21)(H,22,23). The van der Waals surface area contributed by atoms with E-state index in [4.69, 9.17) is 14.6 Å². The van der Waals surface area contributed by atoms with Gasteiger partial charge < -0.3 is 19.9 Å². The molecule has 2 N–H and O–H groups in total. The third-order valence-corrected chi connectivity index (χ3v) is 4.84. The minimum absolute atomic E-state index is 0.125. The van der Waals surface area contributed by atoms with Gasteiger partial charge in [0.1, 0.15) is 11.6 Å². The summed E-state index contributed by atoms with van der Waals surface area (Å²) in [5, 5.41) is 12.0. The van der Waals surface area contributed by atoms with Gasteiger partial charge in [-0.2, -0.15) is 0 Å². The number of ether oxygens (including phenoxy) is 2. The molecule has 0 aromatic heterocycles. The van der Waals surface area contributed by atoms with Gasteiger partial charge in [0.05, 0.1) is 12.5 Å². The van der Waals surface area contributed by atoms with Crippen LogP contribution in [0.2, 0.25) is 0 Å². The van der Waals surface area contributed by atoms with Crippen LogP contribution in [0.5, 0.6) is 5.75 Å². The van der Waals surface area contributed by atoms with Crippen molar-refractivity contribution in [3.8, 4) is 5.75 Å². The number of rotatable bonds is 5. The number of carbonyl (C=O) groups excluding carboxylic acids is 1. The van der Waals surface area contributed by atoms with Crippen molar-refractivity contribution in [1.29, 1.82) is 0 Å². The molecule has 0 radical (unpaired) electrons. The Hall–Kier alpha value is -2.15. The molecule has 0 saturated heterocycles. The van der Waals surface area contributed by atoms with E-state index in [1.54, 1.807) is 0 Å². The Morgan fingerprint density at radius 1 is 1.28 bits per heavy atom. The first-order valence-corrected chi connectivity index (χ1v) is 8.57. The van der Waals surface area contributed by atoms with Gasteiger partial charge in [0.2, 0.25) is 5.91 Å². The van der Waals surface area contributed by atoms with E-state index < -0.39 is 11.9 Å². The molecule has 1 amide bonds. The Kier molecular flexibility index (Phi) is 5.53. The maximum Gasteiger partial charge on any atom is 0.306 e. The highest BCUT2D eigenvalue weighted by Gasteiger charge is 2.30. The molecule has 1 aromatic rings. The highest BCUT2D eigenvalue weighted by Crippen LogP contribution is 2.31. The third-order valence-electron chi connectivity index (χ3n) is 4.84. The molecule has 1 aliphatic heterocycles. The molecule has 0 bridgehead atoms. The summed E-state index contributed by atoms with van der Waals surface area (Å²) in [6.07, 6.45) is 2.93. The highest BCUT2D eigenvalue weighted by molar-refractivity contribution is 5.80. The Balaban J connectivity index is 1.55. The predicted molar refractivity (Wildman–Crippen MR) is 86.5 cm³/mol. The minimum atomic E-state index is -0.830. The molecular weight excluding hydrogens is 329 g/mol. The first-order valence-electron chi connectivity index (χ1n) is 8.57. The van der Waals surface area contributed by atoms with Crippen LogP contribution in [0.1, 0.15) is 36.8 Å². The van der Waals surface area contributed by atoms with Crippen LogP contribution in [0.3, 0.4) is 0 Å². The number of hydrogen-bond donors (Lipinski definition) is 2. The molecule has 1 fully saturated rings. The lowest BCUT2D eigenvalue weighted by atomic mass is 9.81. The van der Waals surface area contributed by atoms with E-state index >= 15 is 0 Å². The number of halogens is 1. The zero-order chi connectivity index (χ0) is 17.8. The normalized spacial score (nSPS) is 22.6. The van der Waals surface area contributed by atoms with Gasteiger partial charge in [-0.3, -0.25) is 9.59 Å². The summed E-state index contributed by atoms with van der Waals surface area (Å²) in [6.45, 7) is 0.801. The van der Waals surface area contributed by atoms with Crippen LogP contribution in [0.4, 0.5) is 4.39 Å². The van der Waals surface area contributed by atoms with E-state index in [0.717, 1.165) is 6.42 Å². The van der Waals surface area contributed by atoms with Gasteiger partial charge in [-0.05, 0) is 43.4 Å². The third kappa shape index (κ3) is 4.28. The first-order chi connectivity index (χ1) is 12.0. The summed E-state index contributed by atoms with van der Waals surface area (Å²) in [6, 6.07) is 2.81. The summed E-state index contributed by atoms with van der Waals surface area (Å²) < 4.78 is 24.3. The molecule has 25 heavy (non-hydrogen) atoms. The largest absolute Gasteiger partial charge is 0.481 e. The van der Waals surface area contributed by atoms with Crippen LogP contribution in [-0.4, -0.2) is 30.3 Å². The Morgan fingerprint density at radius 3 is 2.88 bits per heavy atom. The molecule has 7 heteroatoms. The van der Waals surface area contributed by atoms with E-state index in [2.05, 4.69) is 5.32 Å². The number of aliphatic carboxylic acids is 1. The van der Waals surface area contributed by atoms with Crippen molar-refractivity contribution in [3.63, 3.8) is 0 Å². The minimum Gasteiger partial charge on any atom is -0.481 e. The van der Waals surface area contributed by atoms with E-state index in [1.807, 2.05) is 0 Å². The number of carboxylic acids is 1. The van der Waals surface area contributed by atoms with Gasteiger partial charge >= 0.3 is 5.97 Å². The maximum atomic E-state index is 13.7. The van der Waals surface area contributed by atoms with Crippen molar-refractivity contribution in [2.45, 2.75) is 38.7 Å². The van der Waals surface area contributed by atoms with Crippen LogP contribution >= 0.6 is 0 Å². The molecule has 136 valence electrons.